The summed E-state index contributed by atoms with van der Waals surface area (Å²) < 4.78 is 5.30. The normalized spacial score (nSPS) is 16.2. The Labute approximate surface area is 109 Å². The van der Waals surface area contributed by atoms with Gasteiger partial charge in [-0.25, -0.2) is 9.97 Å². The van der Waals surface area contributed by atoms with Gasteiger partial charge in [-0.1, -0.05) is 0 Å². The SMILES string of the molecule is CCNc1nc(CC(C)OC)nc2c1CCCC2. The first-order valence-corrected chi connectivity index (χ1v) is 6.90. The molecule has 1 aliphatic carbocycles. The van der Waals surface area contributed by atoms with Crippen LogP contribution in [0.15, 0.2) is 0 Å². The minimum absolute atomic E-state index is 0.168. The molecule has 1 heterocycles. The molecule has 0 bridgehead atoms. The largest absolute Gasteiger partial charge is 0.381 e. The van der Waals surface area contributed by atoms with Gasteiger partial charge in [0.15, 0.2) is 0 Å². The minimum Gasteiger partial charge on any atom is -0.381 e. The van der Waals surface area contributed by atoms with Gasteiger partial charge >= 0.3 is 0 Å². The third kappa shape index (κ3) is 2.99. The van der Waals surface area contributed by atoms with Crippen molar-refractivity contribution in [1.29, 1.82) is 0 Å². The molecule has 0 amide bonds. The van der Waals surface area contributed by atoms with Gasteiger partial charge in [-0.3, -0.25) is 0 Å². The summed E-state index contributed by atoms with van der Waals surface area (Å²) in [5, 5.41) is 3.38. The average Bonchev–Trinajstić information content (AvgIpc) is 2.39. The molecule has 0 saturated heterocycles. The molecule has 4 nitrogen and oxygen atoms in total. The van der Waals surface area contributed by atoms with Crippen LogP contribution in [-0.2, 0) is 24.0 Å². The van der Waals surface area contributed by atoms with Crippen LogP contribution in [0.5, 0.6) is 0 Å². The summed E-state index contributed by atoms with van der Waals surface area (Å²) >= 11 is 0. The summed E-state index contributed by atoms with van der Waals surface area (Å²) in [5.74, 6) is 1.95. The first-order chi connectivity index (χ1) is 8.74. The minimum atomic E-state index is 0.168. The summed E-state index contributed by atoms with van der Waals surface area (Å²) in [6, 6.07) is 0. The molecule has 2 rings (SSSR count). The van der Waals surface area contributed by atoms with Crippen LogP contribution in [0, 0.1) is 0 Å². The van der Waals surface area contributed by atoms with E-state index in [9.17, 15) is 0 Å². The second-order valence-corrected chi connectivity index (χ2v) is 4.90. The lowest BCUT2D eigenvalue weighted by Crippen LogP contribution is -2.18. The van der Waals surface area contributed by atoms with Gasteiger partial charge in [-0.05, 0) is 39.5 Å². The summed E-state index contributed by atoms with van der Waals surface area (Å²) in [6.45, 7) is 5.06. The predicted molar refractivity (Wildman–Crippen MR) is 73.0 cm³/mol. The smallest absolute Gasteiger partial charge is 0.133 e. The van der Waals surface area contributed by atoms with E-state index in [2.05, 4.69) is 24.1 Å². The van der Waals surface area contributed by atoms with Crippen molar-refractivity contribution in [1.82, 2.24) is 9.97 Å². The highest BCUT2D eigenvalue weighted by molar-refractivity contribution is 5.47. The number of nitrogens with zero attached hydrogens (tertiary/aromatic N) is 2. The van der Waals surface area contributed by atoms with Gasteiger partial charge in [0, 0.05) is 31.3 Å². The van der Waals surface area contributed by atoms with Gasteiger partial charge in [0.1, 0.15) is 11.6 Å². The van der Waals surface area contributed by atoms with Gasteiger partial charge < -0.3 is 10.1 Å². The fraction of sp³-hybridized carbons (Fsp3) is 0.714. The standard InChI is InChI=1S/C14H23N3O/c1-4-15-14-11-7-5-6-8-12(11)16-13(17-14)9-10(2)18-3/h10H,4-9H2,1-3H3,(H,15,16,17). The number of nitrogens with one attached hydrogen (secondary N) is 1. The van der Waals surface area contributed by atoms with Crippen molar-refractivity contribution in [2.24, 2.45) is 0 Å². The zero-order valence-corrected chi connectivity index (χ0v) is 11.6. The number of fused-ring (bicyclic) bond motifs is 1. The van der Waals surface area contributed by atoms with Gasteiger partial charge in [0.05, 0.1) is 6.10 Å². The van der Waals surface area contributed by atoms with Crippen molar-refractivity contribution in [2.45, 2.75) is 52.1 Å². The molecule has 0 aliphatic heterocycles. The number of anilines is 1. The second kappa shape index (κ2) is 6.14. The van der Waals surface area contributed by atoms with E-state index in [0.29, 0.717) is 0 Å². The lowest BCUT2D eigenvalue weighted by atomic mass is 9.96. The zero-order valence-electron chi connectivity index (χ0n) is 11.6. The Bertz CT molecular complexity index is 406. The second-order valence-electron chi connectivity index (χ2n) is 4.90. The van der Waals surface area contributed by atoms with Crippen molar-refractivity contribution in [3.8, 4) is 0 Å². The van der Waals surface area contributed by atoms with Gasteiger partial charge in [0.25, 0.3) is 0 Å². The maximum absolute atomic E-state index is 5.30. The van der Waals surface area contributed by atoms with Crippen molar-refractivity contribution in [2.75, 3.05) is 19.0 Å². The van der Waals surface area contributed by atoms with Crippen LogP contribution in [0.1, 0.15) is 43.8 Å². The van der Waals surface area contributed by atoms with E-state index in [1.54, 1.807) is 7.11 Å². The van der Waals surface area contributed by atoms with Crippen LogP contribution in [0.25, 0.3) is 0 Å². The predicted octanol–water partition coefficient (Wildman–Crippen LogP) is 2.36. The van der Waals surface area contributed by atoms with E-state index in [1.165, 1.54) is 24.1 Å². The maximum Gasteiger partial charge on any atom is 0.133 e. The molecule has 18 heavy (non-hydrogen) atoms. The Morgan fingerprint density at radius 1 is 1.28 bits per heavy atom. The number of rotatable bonds is 5. The molecule has 0 fully saturated rings. The Morgan fingerprint density at radius 2 is 2.06 bits per heavy atom. The van der Waals surface area contributed by atoms with Crippen LogP contribution in [0.4, 0.5) is 5.82 Å². The lowest BCUT2D eigenvalue weighted by molar-refractivity contribution is 0.117. The van der Waals surface area contributed by atoms with E-state index in [4.69, 9.17) is 9.72 Å². The first kappa shape index (κ1) is 13.3. The Balaban J connectivity index is 2.28. The number of hydrogen-bond acceptors (Lipinski definition) is 4. The molecule has 1 aromatic heterocycles. The number of aromatic nitrogens is 2. The summed E-state index contributed by atoms with van der Waals surface area (Å²) in [7, 11) is 1.73. The molecule has 1 atom stereocenters. The van der Waals surface area contributed by atoms with E-state index < -0.39 is 0 Å². The van der Waals surface area contributed by atoms with Gasteiger partial charge in [-0.15, -0.1) is 0 Å². The maximum atomic E-state index is 5.30. The Hall–Kier alpha value is -1.16. The van der Waals surface area contributed by atoms with Gasteiger partial charge in [0.2, 0.25) is 0 Å². The fourth-order valence-corrected chi connectivity index (χ4v) is 2.39. The average molecular weight is 249 g/mol. The number of hydrogen-bond donors (Lipinski definition) is 1. The Kier molecular flexibility index (Phi) is 4.53. The zero-order chi connectivity index (χ0) is 13.0. The number of methoxy groups -OCH3 is 1. The van der Waals surface area contributed by atoms with Crippen molar-refractivity contribution in [3.05, 3.63) is 17.1 Å². The van der Waals surface area contributed by atoms with Crippen LogP contribution >= 0.6 is 0 Å². The molecule has 100 valence electrons. The van der Waals surface area contributed by atoms with Crippen LogP contribution < -0.4 is 5.32 Å². The summed E-state index contributed by atoms with van der Waals surface area (Å²) in [5.41, 5.74) is 2.57. The molecule has 4 heteroatoms. The van der Waals surface area contributed by atoms with Crippen LogP contribution in [0.3, 0.4) is 0 Å². The van der Waals surface area contributed by atoms with E-state index in [1.807, 2.05) is 0 Å². The molecule has 0 saturated carbocycles. The third-order valence-corrected chi connectivity index (χ3v) is 3.45. The van der Waals surface area contributed by atoms with E-state index >= 15 is 0 Å². The van der Waals surface area contributed by atoms with E-state index in [-0.39, 0.29) is 6.10 Å². The number of aryl methyl sites for hydroxylation is 1. The molecule has 1 unspecified atom stereocenters. The molecule has 0 spiro atoms. The lowest BCUT2D eigenvalue weighted by Gasteiger charge is -2.20. The fourth-order valence-electron chi connectivity index (χ4n) is 2.39. The molecule has 0 aromatic carbocycles. The monoisotopic (exact) mass is 249 g/mol. The molecular formula is C14H23N3O. The van der Waals surface area contributed by atoms with E-state index in [0.717, 1.165) is 37.4 Å². The highest BCUT2D eigenvalue weighted by Gasteiger charge is 2.18. The number of ether oxygens (including phenoxy) is 1. The van der Waals surface area contributed by atoms with Crippen molar-refractivity contribution < 1.29 is 4.74 Å². The van der Waals surface area contributed by atoms with Crippen molar-refractivity contribution in [3.63, 3.8) is 0 Å². The summed E-state index contributed by atoms with van der Waals surface area (Å²) in [4.78, 5) is 9.37. The quantitative estimate of drug-likeness (QED) is 0.870. The van der Waals surface area contributed by atoms with Gasteiger partial charge in [-0.2, -0.15) is 0 Å². The summed E-state index contributed by atoms with van der Waals surface area (Å²) in [6.07, 6.45) is 5.64. The van der Waals surface area contributed by atoms with Crippen molar-refractivity contribution >= 4 is 5.82 Å². The molecule has 1 aliphatic rings. The molecule has 0 radical (unpaired) electrons. The highest BCUT2D eigenvalue weighted by Crippen LogP contribution is 2.25. The molecular weight excluding hydrogens is 226 g/mol. The van der Waals surface area contributed by atoms with Crippen LogP contribution in [0.2, 0.25) is 0 Å². The van der Waals surface area contributed by atoms with Crippen LogP contribution in [-0.4, -0.2) is 29.7 Å². The highest BCUT2D eigenvalue weighted by atomic mass is 16.5. The molecule has 1 aromatic rings. The first-order valence-electron chi connectivity index (χ1n) is 6.90. The Morgan fingerprint density at radius 3 is 2.78 bits per heavy atom. The third-order valence-electron chi connectivity index (χ3n) is 3.45. The topological polar surface area (TPSA) is 47.0 Å². The molecule has 1 N–H and O–H groups in total.